The SMILES string of the molecule is CC(C)(C)OC(=O)N1C[C@H]2CC(O)(c3cc(Cl)cn4cncc34)C[C@@H]2C1. The van der Waals surface area contributed by atoms with E-state index in [-0.39, 0.29) is 17.9 Å². The highest BCUT2D eigenvalue weighted by atomic mass is 35.5. The van der Waals surface area contributed by atoms with Crippen molar-refractivity contribution in [3.05, 3.63) is 35.4 Å². The van der Waals surface area contributed by atoms with E-state index in [4.69, 9.17) is 16.3 Å². The Labute approximate surface area is 157 Å². The Bertz CT molecular complexity index is 843. The number of ether oxygens (including phenoxy) is 1. The van der Waals surface area contributed by atoms with E-state index in [0.29, 0.717) is 31.0 Å². The molecular weight excluding hydrogens is 354 g/mol. The third kappa shape index (κ3) is 3.05. The number of hydrogen-bond acceptors (Lipinski definition) is 4. The summed E-state index contributed by atoms with van der Waals surface area (Å²) in [6.45, 7) is 6.86. The Morgan fingerprint density at radius 2 is 2.00 bits per heavy atom. The maximum Gasteiger partial charge on any atom is 0.410 e. The Balaban J connectivity index is 1.53. The summed E-state index contributed by atoms with van der Waals surface area (Å²) in [5, 5.41) is 12.0. The van der Waals surface area contributed by atoms with Gasteiger partial charge in [0, 0.05) is 24.8 Å². The van der Waals surface area contributed by atoms with Crippen molar-refractivity contribution in [3.8, 4) is 0 Å². The first-order valence-corrected chi connectivity index (χ1v) is 9.34. The number of rotatable bonds is 1. The van der Waals surface area contributed by atoms with Gasteiger partial charge < -0.3 is 19.1 Å². The molecule has 2 aromatic rings. The normalized spacial score (nSPS) is 24.9. The number of aromatic nitrogens is 2. The second kappa shape index (κ2) is 5.86. The highest BCUT2D eigenvalue weighted by molar-refractivity contribution is 6.30. The van der Waals surface area contributed by atoms with Crippen LogP contribution < -0.4 is 0 Å². The molecule has 2 aliphatic rings. The van der Waals surface area contributed by atoms with Crippen LogP contribution in [0, 0.1) is 11.8 Å². The van der Waals surface area contributed by atoms with Crippen LogP contribution in [0.15, 0.2) is 24.8 Å². The summed E-state index contributed by atoms with van der Waals surface area (Å²) < 4.78 is 7.33. The van der Waals surface area contributed by atoms with Crippen LogP contribution in [0.2, 0.25) is 5.02 Å². The first-order chi connectivity index (χ1) is 12.1. The zero-order valence-corrected chi connectivity index (χ0v) is 16.0. The molecule has 1 amide bonds. The van der Waals surface area contributed by atoms with Crippen LogP contribution in [-0.4, -0.2) is 44.2 Å². The van der Waals surface area contributed by atoms with Gasteiger partial charge in [-0.3, -0.25) is 0 Å². The number of pyridine rings is 1. The van der Waals surface area contributed by atoms with Crippen LogP contribution in [0.3, 0.4) is 0 Å². The minimum Gasteiger partial charge on any atom is -0.444 e. The molecule has 1 aliphatic carbocycles. The molecule has 0 spiro atoms. The lowest BCUT2D eigenvalue weighted by Gasteiger charge is -2.28. The molecule has 1 aliphatic heterocycles. The minimum atomic E-state index is -0.943. The largest absolute Gasteiger partial charge is 0.444 e. The predicted octanol–water partition coefficient (Wildman–Crippen LogP) is 3.45. The fourth-order valence-corrected chi connectivity index (χ4v) is 4.63. The Kier molecular flexibility index (Phi) is 3.97. The lowest BCUT2D eigenvalue weighted by molar-refractivity contribution is 0.0159. The zero-order chi connectivity index (χ0) is 18.7. The van der Waals surface area contributed by atoms with Crippen molar-refractivity contribution in [3.63, 3.8) is 0 Å². The number of halogens is 1. The Morgan fingerprint density at radius 1 is 1.35 bits per heavy atom. The molecule has 3 heterocycles. The lowest BCUT2D eigenvalue weighted by Crippen LogP contribution is -2.37. The van der Waals surface area contributed by atoms with Gasteiger partial charge in [0.2, 0.25) is 0 Å². The Morgan fingerprint density at radius 3 is 2.62 bits per heavy atom. The molecular formula is C19H24ClN3O3. The zero-order valence-electron chi connectivity index (χ0n) is 15.3. The summed E-state index contributed by atoms with van der Waals surface area (Å²) in [5.41, 5.74) is 0.257. The lowest BCUT2D eigenvalue weighted by atomic mass is 9.90. The first-order valence-electron chi connectivity index (χ1n) is 8.97. The van der Waals surface area contributed by atoms with Crippen molar-refractivity contribution in [2.45, 2.75) is 44.8 Å². The molecule has 1 N–H and O–H groups in total. The highest BCUT2D eigenvalue weighted by Crippen LogP contribution is 2.50. The third-order valence-corrected chi connectivity index (χ3v) is 5.62. The summed E-state index contributed by atoms with van der Waals surface area (Å²) in [6.07, 6.45) is 6.18. The van der Waals surface area contributed by atoms with Crippen molar-refractivity contribution in [2.24, 2.45) is 11.8 Å². The van der Waals surface area contributed by atoms with Crippen molar-refractivity contribution >= 4 is 23.2 Å². The third-order valence-electron chi connectivity index (χ3n) is 5.42. The van der Waals surface area contributed by atoms with Crippen LogP contribution in [0.5, 0.6) is 0 Å². The second-order valence-corrected chi connectivity index (χ2v) is 9.04. The molecule has 0 radical (unpaired) electrons. The maximum absolute atomic E-state index is 12.3. The number of imidazole rings is 1. The first kappa shape index (κ1) is 17.6. The number of likely N-dealkylation sites (tertiary alicyclic amines) is 1. The molecule has 6 nitrogen and oxygen atoms in total. The van der Waals surface area contributed by atoms with E-state index in [9.17, 15) is 9.90 Å². The number of fused-ring (bicyclic) bond motifs is 2. The van der Waals surface area contributed by atoms with Gasteiger partial charge in [-0.15, -0.1) is 0 Å². The summed E-state index contributed by atoms with van der Waals surface area (Å²) in [4.78, 5) is 18.3. The average molecular weight is 378 g/mol. The van der Waals surface area contributed by atoms with Crippen LogP contribution >= 0.6 is 11.6 Å². The summed E-state index contributed by atoms with van der Waals surface area (Å²) in [6, 6.07) is 1.84. The highest BCUT2D eigenvalue weighted by Gasteiger charge is 2.51. The minimum absolute atomic E-state index is 0.259. The van der Waals surface area contributed by atoms with E-state index < -0.39 is 11.2 Å². The predicted molar refractivity (Wildman–Crippen MR) is 98.1 cm³/mol. The molecule has 4 rings (SSSR count). The molecule has 0 bridgehead atoms. The number of hydrogen-bond donors (Lipinski definition) is 1. The maximum atomic E-state index is 12.3. The smallest absolute Gasteiger partial charge is 0.410 e. The van der Waals surface area contributed by atoms with Crippen molar-refractivity contribution in [1.29, 1.82) is 0 Å². The molecule has 0 aromatic carbocycles. The van der Waals surface area contributed by atoms with Crippen molar-refractivity contribution < 1.29 is 14.6 Å². The van der Waals surface area contributed by atoms with Gasteiger partial charge >= 0.3 is 6.09 Å². The fraction of sp³-hybridized carbons (Fsp3) is 0.579. The Hall–Kier alpha value is -1.79. The molecule has 0 unspecified atom stereocenters. The monoisotopic (exact) mass is 377 g/mol. The van der Waals surface area contributed by atoms with Gasteiger partial charge in [-0.2, -0.15) is 0 Å². The van der Waals surface area contributed by atoms with Gasteiger partial charge in [0.1, 0.15) is 5.60 Å². The van der Waals surface area contributed by atoms with Gasteiger partial charge in [-0.25, -0.2) is 9.78 Å². The molecule has 7 heteroatoms. The molecule has 1 saturated heterocycles. The van der Waals surface area contributed by atoms with E-state index in [1.165, 1.54) is 0 Å². The standard InChI is InChI=1S/C19H24ClN3O3/c1-18(2,3)26-17(24)22-8-12-5-19(25,6-13(12)9-22)15-4-14(20)10-23-11-21-7-16(15)23/h4,7,10-13,25H,5-6,8-9H2,1-3H3/t12-,13-/m1/s1. The molecule has 2 atom stereocenters. The van der Waals surface area contributed by atoms with Gasteiger partial charge in [0.15, 0.2) is 0 Å². The molecule has 140 valence electrons. The van der Waals surface area contributed by atoms with E-state index in [2.05, 4.69) is 4.98 Å². The topological polar surface area (TPSA) is 67.1 Å². The van der Waals surface area contributed by atoms with Gasteiger partial charge in [-0.1, -0.05) is 11.6 Å². The average Bonchev–Trinajstić information content (AvgIpc) is 3.17. The van der Waals surface area contributed by atoms with E-state index in [1.54, 1.807) is 23.6 Å². The van der Waals surface area contributed by atoms with Gasteiger partial charge in [0.05, 0.1) is 28.7 Å². The van der Waals surface area contributed by atoms with E-state index in [0.717, 1.165) is 11.1 Å². The van der Waals surface area contributed by atoms with E-state index in [1.807, 2.05) is 31.2 Å². The van der Waals surface area contributed by atoms with Crippen LogP contribution in [0.1, 0.15) is 39.2 Å². The summed E-state index contributed by atoms with van der Waals surface area (Å²) >= 11 is 6.24. The number of aliphatic hydroxyl groups is 1. The quantitative estimate of drug-likeness (QED) is 0.826. The number of carbonyl (C=O) groups excluding carboxylic acids is 1. The second-order valence-electron chi connectivity index (χ2n) is 8.60. The van der Waals surface area contributed by atoms with Gasteiger partial charge in [-0.05, 0) is 51.5 Å². The van der Waals surface area contributed by atoms with Crippen LogP contribution in [0.25, 0.3) is 5.52 Å². The number of carbonyl (C=O) groups is 1. The molecule has 2 aromatic heterocycles. The molecule has 2 fully saturated rings. The molecule has 26 heavy (non-hydrogen) atoms. The van der Waals surface area contributed by atoms with Crippen molar-refractivity contribution in [2.75, 3.05) is 13.1 Å². The number of nitrogens with zero attached hydrogens (tertiary/aromatic N) is 3. The van der Waals surface area contributed by atoms with Crippen molar-refractivity contribution in [1.82, 2.24) is 14.3 Å². The number of amides is 1. The summed E-state index contributed by atoms with van der Waals surface area (Å²) in [7, 11) is 0. The van der Waals surface area contributed by atoms with Gasteiger partial charge in [0.25, 0.3) is 0 Å². The molecule has 1 saturated carbocycles. The van der Waals surface area contributed by atoms with E-state index >= 15 is 0 Å². The fourth-order valence-electron chi connectivity index (χ4n) is 4.42. The van der Waals surface area contributed by atoms with Crippen LogP contribution in [-0.2, 0) is 10.3 Å². The van der Waals surface area contributed by atoms with Crippen LogP contribution in [0.4, 0.5) is 4.79 Å². The summed E-state index contributed by atoms with van der Waals surface area (Å²) in [5.74, 6) is 0.518.